The first-order valence-corrected chi connectivity index (χ1v) is 6.23. The quantitative estimate of drug-likeness (QED) is 0.434. The lowest BCUT2D eigenvalue weighted by Gasteiger charge is -2.20. The minimum Gasteiger partial charge on any atom is -0.380 e. The highest BCUT2D eigenvalue weighted by atomic mass is 16.5. The molecule has 0 atom stereocenters. The molecule has 0 aliphatic heterocycles. The molecule has 0 saturated carbocycles. The van der Waals surface area contributed by atoms with Gasteiger partial charge in [-0.3, -0.25) is 0 Å². The van der Waals surface area contributed by atoms with Gasteiger partial charge in [0.25, 0.3) is 0 Å². The van der Waals surface area contributed by atoms with Gasteiger partial charge in [0.1, 0.15) is 17.5 Å². The van der Waals surface area contributed by atoms with Crippen molar-refractivity contribution in [1.29, 1.82) is 0 Å². The highest BCUT2D eigenvalue weighted by molar-refractivity contribution is 5.48. The van der Waals surface area contributed by atoms with Crippen molar-refractivity contribution in [2.75, 3.05) is 37.1 Å². The van der Waals surface area contributed by atoms with E-state index in [1.807, 2.05) is 24.9 Å². The summed E-state index contributed by atoms with van der Waals surface area (Å²) in [6.07, 6.45) is 0. The molecule has 102 valence electrons. The van der Waals surface area contributed by atoms with Crippen molar-refractivity contribution in [3.05, 3.63) is 11.9 Å². The van der Waals surface area contributed by atoms with E-state index < -0.39 is 0 Å². The highest BCUT2D eigenvalue weighted by Crippen LogP contribution is 2.18. The Bertz CT molecular complexity index is 369. The van der Waals surface area contributed by atoms with Crippen molar-refractivity contribution in [2.24, 2.45) is 5.84 Å². The smallest absolute Gasteiger partial charge is 0.145 e. The maximum Gasteiger partial charge on any atom is 0.145 e. The Balaban J connectivity index is 2.82. The fraction of sp³-hybridized carbons (Fsp3) is 0.667. The van der Waals surface area contributed by atoms with E-state index in [1.54, 1.807) is 0 Å². The minimum absolute atomic E-state index is 0.261. The van der Waals surface area contributed by atoms with E-state index in [1.165, 1.54) is 0 Å². The molecular weight excluding hydrogens is 230 g/mol. The Morgan fingerprint density at radius 3 is 2.72 bits per heavy atom. The second-order valence-electron chi connectivity index (χ2n) is 4.39. The maximum absolute atomic E-state index is 5.43. The minimum atomic E-state index is 0.261. The van der Waals surface area contributed by atoms with Crippen LogP contribution in [0.2, 0.25) is 0 Å². The number of hydrogen-bond acceptors (Lipinski definition) is 6. The third-order valence-corrected chi connectivity index (χ3v) is 2.56. The van der Waals surface area contributed by atoms with Crippen molar-refractivity contribution >= 4 is 11.6 Å². The number of hydrazine groups is 1. The van der Waals surface area contributed by atoms with E-state index in [9.17, 15) is 0 Å². The molecule has 0 spiro atoms. The van der Waals surface area contributed by atoms with Crippen molar-refractivity contribution in [1.82, 2.24) is 9.97 Å². The molecule has 0 aromatic carbocycles. The molecular formula is C12H23N5O. The average Bonchev–Trinajstić information content (AvgIpc) is 2.38. The molecule has 1 rings (SSSR count). The summed E-state index contributed by atoms with van der Waals surface area (Å²) in [5, 5.41) is 0. The summed E-state index contributed by atoms with van der Waals surface area (Å²) < 4.78 is 5.33. The van der Waals surface area contributed by atoms with Gasteiger partial charge in [0.05, 0.1) is 6.61 Å². The average molecular weight is 253 g/mol. The predicted octanol–water partition coefficient (Wildman–Crippen LogP) is 1.36. The zero-order valence-corrected chi connectivity index (χ0v) is 11.6. The Morgan fingerprint density at radius 1 is 1.44 bits per heavy atom. The zero-order chi connectivity index (χ0) is 13.5. The van der Waals surface area contributed by atoms with Crippen LogP contribution in [0.25, 0.3) is 0 Å². The summed E-state index contributed by atoms with van der Waals surface area (Å²) in [5.74, 6) is 7.95. The van der Waals surface area contributed by atoms with Gasteiger partial charge in [-0.25, -0.2) is 15.8 Å². The summed E-state index contributed by atoms with van der Waals surface area (Å²) in [4.78, 5) is 10.9. The number of anilines is 2. The number of nitrogens with one attached hydrogen (secondary N) is 1. The van der Waals surface area contributed by atoms with Gasteiger partial charge in [-0.1, -0.05) is 13.8 Å². The molecule has 0 unspecified atom stereocenters. The van der Waals surface area contributed by atoms with Crippen molar-refractivity contribution in [2.45, 2.75) is 26.7 Å². The molecule has 0 fully saturated rings. The largest absolute Gasteiger partial charge is 0.380 e. The lowest BCUT2D eigenvalue weighted by molar-refractivity contribution is 0.154. The monoisotopic (exact) mass is 253 g/mol. The van der Waals surface area contributed by atoms with Crippen molar-refractivity contribution in [3.8, 4) is 0 Å². The molecule has 6 heteroatoms. The summed E-state index contributed by atoms with van der Waals surface area (Å²) in [6, 6.07) is 1.83. The Morgan fingerprint density at radius 2 is 2.17 bits per heavy atom. The Labute approximate surface area is 109 Å². The van der Waals surface area contributed by atoms with Gasteiger partial charge in [0.2, 0.25) is 0 Å². The second-order valence-corrected chi connectivity index (χ2v) is 4.39. The van der Waals surface area contributed by atoms with Crippen LogP contribution < -0.4 is 16.2 Å². The van der Waals surface area contributed by atoms with E-state index in [0.29, 0.717) is 12.4 Å². The molecule has 0 aliphatic rings. The summed E-state index contributed by atoms with van der Waals surface area (Å²) >= 11 is 0. The van der Waals surface area contributed by atoms with E-state index in [2.05, 4.69) is 29.2 Å². The Hall–Kier alpha value is -1.40. The van der Waals surface area contributed by atoms with Crippen LogP contribution in [0.15, 0.2) is 6.07 Å². The van der Waals surface area contributed by atoms with Crippen LogP contribution in [0.3, 0.4) is 0 Å². The molecule has 0 saturated heterocycles. The number of rotatable bonds is 7. The molecule has 3 N–H and O–H groups in total. The summed E-state index contributed by atoms with van der Waals surface area (Å²) in [5.41, 5.74) is 2.58. The fourth-order valence-corrected chi connectivity index (χ4v) is 1.44. The lowest BCUT2D eigenvalue weighted by Crippen LogP contribution is -2.25. The van der Waals surface area contributed by atoms with E-state index in [4.69, 9.17) is 10.6 Å². The molecule has 1 heterocycles. The van der Waals surface area contributed by atoms with Gasteiger partial charge in [-0.2, -0.15) is 0 Å². The van der Waals surface area contributed by atoms with Gasteiger partial charge in [0.15, 0.2) is 0 Å². The van der Waals surface area contributed by atoms with Crippen LogP contribution in [0, 0.1) is 0 Å². The molecule has 0 amide bonds. The second kappa shape index (κ2) is 7.13. The summed E-state index contributed by atoms with van der Waals surface area (Å²) in [6.45, 7) is 8.29. The first-order chi connectivity index (χ1) is 8.58. The van der Waals surface area contributed by atoms with Gasteiger partial charge in [-0.05, 0) is 6.92 Å². The summed E-state index contributed by atoms with van der Waals surface area (Å²) in [7, 11) is 1.98. The molecule has 0 radical (unpaired) electrons. The standard InChI is InChI=1S/C12H23N5O/c1-5-18-7-6-17(4)11-8-10(16-13)14-12(15-11)9(2)3/h8-9H,5-7,13H2,1-4H3,(H,14,15,16). The van der Waals surface area contributed by atoms with E-state index in [0.717, 1.165) is 24.8 Å². The van der Waals surface area contributed by atoms with Crippen LogP contribution in [-0.2, 0) is 4.74 Å². The van der Waals surface area contributed by atoms with Crippen molar-refractivity contribution < 1.29 is 4.74 Å². The number of nitrogens with two attached hydrogens (primary N) is 1. The third-order valence-electron chi connectivity index (χ3n) is 2.56. The van der Waals surface area contributed by atoms with Gasteiger partial charge in [-0.15, -0.1) is 0 Å². The van der Waals surface area contributed by atoms with Gasteiger partial charge in [0, 0.05) is 32.2 Å². The Kier molecular flexibility index (Phi) is 5.80. The number of likely N-dealkylation sites (N-methyl/N-ethyl adjacent to an activating group) is 1. The molecule has 6 nitrogen and oxygen atoms in total. The third kappa shape index (κ3) is 4.12. The maximum atomic E-state index is 5.43. The molecule has 1 aromatic heterocycles. The van der Waals surface area contributed by atoms with Crippen LogP contribution in [-0.4, -0.2) is 36.8 Å². The van der Waals surface area contributed by atoms with E-state index in [-0.39, 0.29) is 5.92 Å². The van der Waals surface area contributed by atoms with Gasteiger partial charge >= 0.3 is 0 Å². The van der Waals surface area contributed by atoms with Crippen molar-refractivity contribution in [3.63, 3.8) is 0 Å². The number of nitrogen functional groups attached to an aromatic ring is 1. The van der Waals surface area contributed by atoms with Crippen LogP contribution in [0.4, 0.5) is 11.6 Å². The first-order valence-electron chi connectivity index (χ1n) is 6.23. The normalized spacial score (nSPS) is 10.8. The number of hydrogen-bond donors (Lipinski definition) is 2. The molecule has 0 bridgehead atoms. The number of nitrogens with zero attached hydrogens (tertiary/aromatic N) is 3. The molecule has 0 aliphatic carbocycles. The van der Waals surface area contributed by atoms with Gasteiger partial charge < -0.3 is 15.1 Å². The zero-order valence-electron chi connectivity index (χ0n) is 11.6. The topological polar surface area (TPSA) is 76.3 Å². The van der Waals surface area contributed by atoms with Crippen LogP contribution in [0.5, 0.6) is 0 Å². The molecule has 1 aromatic rings. The van der Waals surface area contributed by atoms with E-state index >= 15 is 0 Å². The number of aromatic nitrogens is 2. The predicted molar refractivity (Wildman–Crippen MR) is 73.7 cm³/mol. The molecule has 18 heavy (non-hydrogen) atoms. The van der Waals surface area contributed by atoms with Crippen LogP contribution >= 0.6 is 0 Å². The fourth-order valence-electron chi connectivity index (χ4n) is 1.44. The number of ether oxygens (including phenoxy) is 1. The van der Waals surface area contributed by atoms with Crippen LogP contribution in [0.1, 0.15) is 32.5 Å². The highest BCUT2D eigenvalue weighted by Gasteiger charge is 2.10. The lowest BCUT2D eigenvalue weighted by atomic mass is 10.2. The first kappa shape index (κ1) is 14.7. The SMILES string of the molecule is CCOCCN(C)c1cc(NN)nc(C(C)C)n1.